The molecule has 1 atom stereocenters. The molecule has 90 valence electrons. The van der Waals surface area contributed by atoms with Gasteiger partial charge in [0.1, 0.15) is 0 Å². The molecule has 1 unspecified atom stereocenters. The summed E-state index contributed by atoms with van der Waals surface area (Å²) in [7, 11) is 2.17. The zero-order chi connectivity index (χ0) is 11.8. The first kappa shape index (κ1) is 14.5. The Morgan fingerprint density at radius 2 is 1.93 bits per heavy atom. The van der Waals surface area contributed by atoms with Crippen LogP contribution < -0.4 is 5.73 Å². The molecule has 0 fully saturated rings. The number of nitrogens with two attached hydrogens (primary N) is 1. The molecule has 0 aromatic carbocycles. The molecule has 0 aromatic rings. The summed E-state index contributed by atoms with van der Waals surface area (Å²) in [4.78, 5) is 2.36. The first-order valence-electron chi connectivity index (χ1n) is 6.13. The Balaban J connectivity index is 4.04. The second-order valence-corrected chi connectivity index (χ2v) is 4.72. The molecular weight excluding hydrogens is 184 g/mol. The Morgan fingerprint density at radius 1 is 1.33 bits per heavy atom. The zero-order valence-electron chi connectivity index (χ0n) is 11.1. The van der Waals surface area contributed by atoms with E-state index in [2.05, 4.69) is 39.6 Å². The lowest BCUT2D eigenvalue weighted by atomic mass is 9.99. The van der Waals surface area contributed by atoms with Gasteiger partial charge >= 0.3 is 0 Å². The molecule has 0 spiro atoms. The van der Waals surface area contributed by atoms with Crippen molar-refractivity contribution < 1.29 is 0 Å². The topological polar surface area (TPSA) is 29.3 Å². The molecule has 0 aliphatic carbocycles. The summed E-state index contributed by atoms with van der Waals surface area (Å²) < 4.78 is 0. The molecule has 0 rings (SSSR count). The van der Waals surface area contributed by atoms with Crippen molar-refractivity contribution in [1.29, 1.82) is 0 Å². The first-order chi connectivity index (χ1) is 7.01. The number of nitrogens with zero attached hydrogens (tertiary/aromatic N) is 1. The van der Waals surface area contributed by atoms with Gasteiger partial charge in [-0.3, -0.25) is 0 Å². The summed E-state index contributed by atoms with van der Waals surface area (Å²) in [5, 5.41) is 0. The van der Waals surface area contributed by atoms with Gasteiger partial charge in [-0.25, -0.2) is 0 Å². The van der Waals surface area contributed by atoms with Crippen molar-refractivity contribution in [1.82, 2.24) is 4.90 Å². The summed E-state index contributed by atoms with van der Waals surface area (Å²) in [6.07, 6.45) is 3.32. The second-order valence-electron chi connectivity index (χ2n) is 4.72. The van der Waals surface area contributed by atoms with Crippen LogP contribution in [0.15, 0.2) is 11.3 Å². The molecule has 2 N–H and O–H groups in total. The minimum Gasteiger partial charge on any atom is -0.402 e. The van der Waals surface area contributed by atoms with E-state index in [0.717, 1.165) is 38.0 Å². The number of allylic oxidation sites excluding steroid dienone is 2. The third-order valence-corrected chi connectivity index (χ3v) is 2.89. The summed E-state index contributed by atoms with van der Waals surface area (Å²) in [5.41, 5.74) is 8.49. The first-order valence-corrected chi connectivity index (χ1v) is 6.13. The van der Waals surface area contributed by atoms with E-state index in [-0.39, 0.29) is 0 Å². The zero-order valence-corrected chi connectivity index (χ0v) is 11.1. The highest BCUT2D eigenvalue weighted by Gasteiger charge is 2.07. The van der Waals surface area contributed by atoms with Crippen LogP contribution in [0.2, 0.25) is 0 Å². The van der Waals surface area contributed by atoms with Gasteiger partial charge in [0, 0.05) is 12.2 Å². The highest BCUT2D eigenvalue weighted by molar-refractivity contribution is 5.08. The van der Waals surface area contributed by atoms with Gasteiger partial charge in [-0.15, -0.1) is 0 Å². The van der Waals surface area contributed by atoms with Gasteiger partial charge in [-0.05, 0) is 39.3 Å². The smallest absolute Gasteiger partial charge is 0.00695 e. The molecule has 0 saturated heterocycles. The second kappa shape index (κ2) is 7.75. The van der Waals surface area contributed by atoms with Crippen LogP contribution in [0.5, 0.6) is 0 Å². The van der Waals surface area contributed by atoms with Crippen molar-refractivity contribution in [2.45, 2.75) is 47.0 Å². The van der Waals surface area contributed by atoms with Gasteiger partial charge in [-0.1, -0.05) is 32.8 Å². The Morgan fingerprint density at radius 3 is 2.40 bits per heavy atom. The summed E-state index contributed by atoms with van der Waals surface area (Å²) in [5.74, 6) is 0.699. The standard InChI is InChI=1S/C13H28N2/c1-6-8-13(14)12(4)9-11(3)10-15(5)7-2/h11H,6-10,14H2,1-5H3/b13-12+. The van der Waals surface area contributed by atoms with E-state index >= 15 is 0 Å². The van der Waals surface area contributed by atoms with E-state index in [1.165, 1.54) is 5.57 Å². The van der Waals surface area contributed by atoms with Gasteiger partial charge in [-0.2, -0.15) is 0 Å². The molecule has 0 aliphatic heterocycles. The molecule has 0 saturated carbocycles. The quantitative estimate of drug-likeness (QED) is 0.703. The van der Waals surface area contributed by atoms with E-state index in [4.69, 9.17) is 5.73 Å². The third-order valence-electron chi connectivity index (χ3n) is 2.89. The molecule has 0 amide bonds. The van der Waals surface area contributed by atoms with Crippen molar-refractivity contribution in [2.24, 2.45) is 11.7 Å². The summed E-state index contributed by atoms with van der Waals surface area (Å²) in [6.45, 7) is 11.1. The van der Waals surface area contributed by atoms with Crippen LogP contribution in [0.1, 0.15) is 47.0 Å². The molecular formula is C13H28N2. The van der Waals surface area contributed by atoms with Gasteiger partial charge in [0.2, 0.25) is 0 Å². The van der Waals surface area contributed by atoms with Gasteiger partial charge in [0.25, 0.3) is 0 Å². The average molecular weight is 212 g/mol. The predicted molar refractivity (Wildman–Crippen MR) is 68.7 cm³/mol. The van der Waals surface area contributed by atoms with E-state index in [1.807, 2.05) is 0 Å². The maximum Gasteiger partial charge on any atom is 0.00695 e. The van der Waals surface area contributed by atoms with Crippen molar-refractivity contribution in [3.8, 4) is 0 Å². The fourth-order valence-electron chi connectivity index (χ4n) is 1.86. The van der Waals surface area contributed by atoms with Crippen LogP contribution in [-0.2, 0) is 0 Å². The molecule has 15 heavy (non-hydrogen) atoms. The Hall–Kier alpha value is -0.500. The van der Waals surface area contributed by atoms with Crippen LogP contribution in [0.25, 0.3) is 0 Å². The average Bonchev–Trinajstić information content (AvgIpc) is 2.17. The highest BCUT2D eigenvalue weighted by Crippen LogP contribution is 2.15. The van der Waals surface area contributed by atoms with Crippen LogP contribution in [0.3, 0.4) is 0 Å². The maximum atomic E-state index is 6.01. The Bertz CT molecular complexity index is 197. The normalized spacial score (nSPS) is 15.3. The van der Waals surface area contributed by atoms with Crippen molar-refractivity contribution in [2.75, 3.05) is 20.1 Å². The maximum absolute atomic E-state index is 6.01. The van der Waals surface area contributed by atoms with Crippen LogP contribution >= 0.6 is 0 Å². The molecule has 0 aromatic heterocycles. The molecule has 2 nitrogen and oxygen atoms in total. The number of hydrogen-bond donors (Lipinski definition) is 1. The van der Waals surface area contributed by atoms with Gasteiger partial charge < -0.3 is 10.6 Å². The monoisotopic (exact) mass is 212 g/mol. The number of hydrogen-bond acceptors (Lipinski definition) is 2. The highest BCUT2D eigenvalue weighted by atomic mass is 15.1. The lowest BCUT2D eigenvalue weighted by molar-refractivity contribution is 0.298. The Kier molecular flexibility index (Phi) is 7.49. The molecule has 0 aliphatic rings. The lowest BCUT2D eigenvalue weighted by Crippen LogP contribution is -2.24. The minimum absolute atomic E-state index is 0.699. The van der Waals surface area contributed by atoms with Gasteiger partial charge in [0.15, 0.2) is 0 Å². The van der Waals surface area contributed by atoms with Crippen molar-refractivity contribution >= 4 is 0 Å². The van der Waals surface area contributed by atoms with E-state index in [0.29, 0.717) is 5.92 Å². The third kappa shape index (κ3) is 6.56. The summed E-state index contributed by atoms with van der Waals surface area (Å²) >= 11 is 0. The fraction of sp³-hybridized carbons (Fsp3) is 0.846. The van der Waals surface area contributed by atoms with Crippen molar-refractivity contribution in [3.63, 3.8) is 0 Å². The van der Waals surface area contributed by atoms with E-state index in [9.17, 15) is 0 Å². The largest absolute Gasteiger partial charge is 0.402 e. The molecule has 2 heteroatoms. The number of rotatable bonds is 7. The van der Waals surface area contributed by atoms with Crippen LogP contribution in [-0.4, -0.2) is 25.0 Å². The molecule has 0 heterocycles. The van der Waals surface area contributed by atoms with Crippen LogP contribution in [0, 0.1) is 5.92 Å². The SMILES string of the molecule is CCC/C(N)=C(/C)CC(C)CN(C)CC. The molecule has 0 radical (unpaired) electrons. The van der Waals surface area contributed by atoms with Crippen LogP contribution in [0.4, 0.5) is 0 Å². The van der Waals surface area contributed by atoms with E-state index < -0.39 is 0 Å². The molecule has 0 bridgehead atoms. The van der Waals surface area contributed by atoms with Crippen molar-refractivity contribution in [3.05, 3.63) is 11.3 Å². The summed E-state index contributed by atoms with van der Waals surface area (Å²) in [6, 6.07) is 0. The lowest BCUT2D eigenvalue weighted by Gasteiger charge is -2.20. The minimum atomic E-state index is 0.699. The Labute approximate surface area is 95.5 Å². The van der Waals surface area contributed by atoms with Gasteiger partial charge in [0.05, 0.1) is 0 Å². The predicted octanol–water partition coefficient (Wildman–Crippen LogP) is 3.00. The van der Waals surface area contributed by atoms with E-state index in [1.54, 1.807) is 0 Å². The fourth-order valence-corrected chi connectivity index (χ4v) is 1.86.